The van der Waals surface area contributed by atoms with Gasteiger partial charge in [-0.15, -0.1) is 0 Å². The minimum atomic E-state index is 0.228. The second-order valence-electron chi connectivity index (χ2n) is 3.84. The standard InChI is InChI=1S/C13H22N2O2/c1-4-14-11(7-6-10-16-2)13-12(17-3)8-5-9-15-13/h5,8-9,11,14H,4,6-7,10H2,1-3H3. The summed E-state index contributed by atoms with van der Waals surface area (Å²) in [4.78, 5) is 4.42. The van der Waals surface area contributed by atoms with Crippen molar-refractivity contribution in [1.82, 2.24) is 10.3 Å². The van der Waals surface area contributed by atoms with Gasteiger partial charge in [0, 0.05) is 19.9 Å². The Morgan fingerprint density at radius 2 is 2.24 bits per heavy atom. The maximum atomic E-state index is 5.35. The summed E-state index contributed by atoms with van der Waals surface area (Å²) >= 11 is 0. The Labute approximate surface area is 103 Å². The van der Waals surface area contributed by atoms with E-state index in [1.807, 2.05) is 12.1 Å². The Kier molecular flexibility index (Phi) is 6.58. The van der Waals surface area contributed by atoms with Crippen molar-refractivity contribution in [3.63, 3.8) is 0 Å². The number of hydrogen-bond donors (Lipinski definition) is 1. The summed E-state index contributed by atoms with van der Waals surface area (Å²) in [5.74, 6) is 0.843. The van der Waals surface area contributed by atoms with E-state index < -0.39 is 0 Å². The van der Waals surface area contributed by atoms with E-state index in [0.29, 0.717) is 0 Å². The van der Waals surface area contributed by atoms with Gasteiger partial charge in [0.2, 0.25) is 0 Å². The summed E-state index contributed by atoms with van der Waals surface area (Å²) in [6.45, 7) is 3.78. The van der Waals surface area contributed by atoms with E-state index in [1.54, 1.807) is 20.4 Å². The van der Waals surface area contributed by atoms with Gasteiger partial charge in [0.25, 0.3) is 0 Å². The summed E-state index contributed by atoms with van der Waals surface area (Å²) in [6.07, 6.45) is 3.81. The van der Waals surface area contributed by atoms with Crippen molar-refractivity contribution in [2.45, 2.75) is 25.8 Å². The van der Waals surface area contributed by atoms with E-state index in [1.165, 1.54) is 0 Å². The summed E-state index contributed by atoms with van der Waals surface area (Å²) < 4.78 is 10.4. The Balaban J connectivity index is 2.73. The number of rotatable bonds is 8. The van der Waals surface area contributed by atoms with Gasteiger partial charge >= 0.3 is 0 Å². The van der Waals surface area contributed by atoms with Crippen molar-refractivity contribution in [1.29, 1.82) is 0 Å². The second kappa shape index (κ2) is 8.03. The van der Waals surface area contributed by atoms with Gasteiger partial charge in [-0.25, -0.2) is 0 Å². The van der Waals surface area contributed by atoms with Gasteiger partial charge in [0.05, 0.1) is 18.8 Å². The highest BCUT2D eigenvalue weighted by Gasteiger charge is 2.15. The fourth-order valence-electron chi connectivity index (χ4n) is 1.85. The Hall–Kier alpha value is -1.13. The molecule has 0 saturated carbocycles. The molecule has 0 saturated heterocycles. The van der Waals surface area contributed by atoms with Crippen LogP contribution in [0, 0.1) is 0 Å². The molecule has 1 heterocycles. The van der Waals surface area contributed by atoms with Crippen molar-refractivity contribution in [2.75, 3.05) is 27.4 Å². The monoisotopic (exact) mass is 238 g/mol. The van der Waals surface area contributed by atoms with Gasteiger partial charge in [-0.1, -0.05) is 6.92 Å². The molecule has 0 aromatic carbocycles. The fourth-order valence-corrected chi connectivity index (χ4v) is 1.85. The number of hydrogen-bond acceptors (Lipinski definition) is 4. The summed E-state index contributed by atoms with van der Waals surface area (Å²) in [6, 6.07) is 4.06. The highest BCUT2D eigenvalue weighted by Crippen LogP contribution is 2.25. The number of methoxy groups -OCH3 is 2. The third-order valence-electron chi connectivity index (χ3n) is 2.64. The van der Waals surface area contributed by atoms with Crippen LogP contribution < -0.4 is 10.1 Å². The smallest absolute Gasteiger partial charge is 0.141 e. The van der Waals surface area contributed by atoms with E-state index in [0.717, 1.165) is 37.4 Å². The first-order valence-corrected chi connectivity index (χ1v) is 6.04. The van der Waals surface area contributed by atoms with Gasteiger partial charge in [0.15, 0.2) is 0 Å². The average molecular weight is 238 g/mol. The van der Waals surface area contributed by atoms with Crippen molar-refractivity contribution in [2.24, 2.45) is 0 Å². The molecule has 0 aliphatic rings. The Morgan fingerprint density at radius 3 is 2.88 bits per heavy atom. The molecular weight excluding hydrogens is 216 g/mol. The SMILES string of the molecule is CCNC(CCCOC)c1ncccc1OC. The summed E-state index contributed by atoms with van der Waals surface area (Å²) in [5.41, 5.74) is 0.980. The minimum absolute atomic E-state index is 0.228. The molecule has 0 bridgehead atoms. The molecule has 0 amide bonds. The van der Waals surface area contributed by atoms with Gasteiger partial charge in [-0.3, -0.25) is 4.98 Å². The van der Waals surface area contributed by atoms with Crippen LogP contribution in [0.1, 0.15) is 31.5 Å². The van der Waals surface area contributed by atoms with E-state index in [-0.39, 0.29) is 6.04 Å². The lowest BCUT2D eigenvalue weighted by Gasteiger charge is -2.19. The van der Waals surface area contributed by atoms with Gasteiger partial charge in [-0.05, 0) is 31.5 Å². The first-order chi connectivity index (χ1) is 8.33. The normalized spacial score (nSPS) is 12.4. The topological polar surface area (TPSA) is 43.4 Å². The maximum Gasteiger partial charge on any atom is 0.141 e. The molecule has 4 nitrogen and oxygen atoms in total. The molecule has 17 heavy (non-hydrogen) atoms. The van der Waals surface area contributed by atoms with Crippen LogP contribution in [0.25, 0.3) is 0 Å². The van der Waals surface area contributed by atoms with E-state index in [2.05, 4.69) is 17.2 Å². The first-order valence-electron chi connectivity index (χ1n) is 6.04. The van der Waals surface area contributed by atoms with Crippen LogP contribution in [0.5, 0.6) is 5.75 Å². The molecule has 0 fully saturated rings. The molecule has 1 rings (SSSR count). The molecular formula is C13H22N2O2. The Morgan fingerprint density at radius 1 is 1.41 bits per heavy atom. The largest absolute Gasteiger partial charge is 0.495 e. The van der Waals surface area contributed by atoms with Crippen LogP contribution >= 0.6 is 0 Å². The number of ether oxygens (including phenoxy) is 2. The van der Waals surface area contributed by atoms with Crippen molar-refractivity contribution < 1.29 is 9.47 Å². The van der Waals surface area contributed by atoms with E-state index in [9.17, 15) is 0 Å². The molecule has 0 aliphatic carbocycles. The summed E-state index contributed by atoms with van der Waals surface area (Å²) in [7, 11) is 3.41. The van der Waals surface area contributed by atoms with Crippen LogP contribution in [0.2, 0.25) is 0 Å². The molecule has 4 heteroatoms. The minimum Gasteiger partial charge on any atom is -0.495 e. The van der Waals surface area contributed by atoms with Crippen LogP contribution in [0.15, 0.2) is 18.3 Å². The number of pyridine rings is 1. The molecule has 1 N–H and O–H groups in total. The van der Waals surface area contributed by atoms with Crippen LogP contribution in [0.3, 0.4) is 0 Å². The highest BCUT2D eigenvalue weighted by molar-refractivity contribution is 5.29. The summed E-state index contributed by atoms with van der Waals surface area (Å²) in [5, 5.41) is 3.43. The maximum absolute atomic E-state index is 5.35. The van der Waals surface area contributed by atoms with E-state index in [4.69, 9.17) is 9.47 Å². The van der Waals surface area contributed by atoms with Crippen molar-refractivity contribution in [3.8, 4) is 5.75 Å². The molecule has 0 spiro atoms. The van der Waals surface area contributed by atoms with Crippen molar-refractivity contribution >= 4 is 0 Å². The molecule has 96 valence electrons. The second-order valence-corrected chi connectivity index (χ2v) is 3.84. The lowest BCUT2D eigenvalue weighted by atomic mass is 10.1. The molecule has 1 atom stereocenters. The molecule has 1 aromatic rings. The predicted molar refractivity (Wildman–Crippen MR) is 68.3 cm³/mol. The van der Waals surface area contributed by atoms with Crippen molar-refractivity contribution in [3.05, 3.63) is 24.0 Å². The van der Waals surface area contributed by atoms with Crippen LogP contribution in [-0.4, -0.2) is 32.4 Å². The fraction of sp³-hybridized carbons (Fsp3) is 0.615. The third-order valence-corrected chi connectivity index (χ3v) is 2.64. The van der Waals surface area contributed by atoms with Crippen LogP contribution in [-0.2, 0) is 4.74 Å². The molecule has 1 aromatic heterocycles. The molecule has 1 unspecified atom stereocenters. The van der Waals surface area contributed by atoms with Gasteiger partial charge in [-0.2, -0.15) is 0 Å². The number of nitrogens with zero attached hydrogens (tertiary/aromatic N) is 1. The predicted octanol–water partition coefficient (Wildman–Crippen LogP) is 2.17. The molecule has 0 aliphatic heterocycles. The lowest BCUT2D eigenvalue weighted by molar-refractivity contribution is 0.188. The highest BCUT2D eigenvalue weighted by atomic mass is 16.5. The third kappa shape index (κ3) is 4.32. The lowest BCUT2D eigenvalue weighted by Crippen LogP contribution is -2.22. The number of aromatic nitrogens is 1. The Bertz CT molecular complexity index is 318. The zero-order valence-electron chi connectivity index (χ0n) is 10.9. The van der Waals surface area contributed by atoms with Gasteiger partial charge in [0.1, 0.15) is 5.75 Å². The zero-order chi connectivity index (χ0) is 12.5. The molecule has 0 radical (unpaired) electrons. The number of nitrogens with one attached hydrogen (secondary N) is 1. The van der Waals surface area contributed by atoms with Crippen LogP contribution in [0.4, 0.5) is 0 Å². The van der Waals surface area contributed by atoms with Gasteiger partial charge < -0.3 is 14.8 Å². The first kappa shape index (κ1) is 13.9. The zero-order valence-corrected chi connectivity index (χ0v) is 10.9. The quantitative estimate of drug-likeness (QED) is 0.705. The van der Waals surface area contributed by atoms with E-state index >= 15 is 0 Å². The average Bonchev–Trinajstić information content (AvgIpc) is 2.38.